The van der Waals surface area contributed by atoms with Gasteiger partial charge >= 0.3 is 0 Å². The molecule has 4 rings (SSSR count). The topological polar surface area (TPSA) is 51.0 Å². The fourth-order valence-corrected chi connectivity index (χ4v) is 3.63. The molecule has 0 unspecified atom stereocenters. The van der Waals surface area contributed by atoms with E-state index >= 15 is 0 Å². The van der Waals surface area contributed by atoms with E-state index in [-0.39, 0.29) is 12.0 Å². The van der Waals surface area contributed by atoms with E-state index in [4.69, 9.17) is 0 Å². The lowest BCUT2D eigenvalue weighted by atomic mass is 10.1. The Bertz CT molecular complexity index is 681. The molecule has 0 radical (unpaired) electrons. The van der Waals surface area contributed by atoms with Gasteiger partial charge < -0.3 is 4.90 Å². The van der Waals surface area contributed by atoms with Gasteiger partial charge in [0.15, 0.2) is 0 Å². The lowest BCUT2D eigenvalue weighted by Gasteiger charge is -2.24. The number of nitrogens with zero attached hydrogens (tertiary/aromatic N) is 4. The van der Waals surface area contributed by atoms with E-state index in [0.29, 0.717) is 11.8 Å². The molecule has 0 spiro atoms. The van der Waals surface area contributed by atoms with Crippen LogP contribution in [0.1, 0.15) is 42.3 Å². The van der Waals surface area contributed by atoms with Gasteiger partial charge in [-0.05, 0) is 36.8 Å². The maximum atomic E-state index is 12.9. The molecule has 1 amide bonds. The summed E-state index contributed by atoms with van der Waals surface area (Å²) >= 11 is 0. The molecule has 5 nitrogen and oxygen atoms in total. The summed E-state index contributed by atoms with van der Waals surface area (Å²) in [6.45, 7) is 0.870. The third-order valence-corrected chi connectivity index (χ3v) is 4.87. The normalized spacial score (nSPS) is 27.1. The van der Waals surface area contributed by atoms with Crippen molar-refractivity contribution in [3.63, 3.8) is 0 Å². The van der Waals surface area contributed by atoms with Gasteiger partial charge in [-0.15, -0.1) is 0 Å². The van der Waals surface area contributed by atoms with E-state index in [9.17, 15) is 4.79 Å². The second kappa shape index (κ2) is 5.23. The van der Waals surface area contributed by atoms with Crippen LogP contribution in [0, 0.1) is 5.92 Å². The predicted octanol–water partition coefficient (Wildman–Crippen LogP) is 2.28. The summed E-state index contributed by atoms with van der Waals surface area (Å²) in [6, 6.07) is 4.23. The number of rotatable bonds is 3. The molecule has 1 saturated carbocycles. The summed E-state index contributed by atoms with van der Waals surface area (Å²) in [5, 5.41) is 4.25. The molecule has 2 fully saturated rings. The number of amides is 1. The highest BCUT2D eigenvalue weighted by Crippen LogP contribution is 2.49. The smallest absolute Gasteiger partial charge is 0.226 e. The Labute approximate surface area is 130 Å². The van der Waals surface area contributed by atoms with Crippen LogP contribution in [0.2, 0.25) is 0 Å². The van der Waals surface area contributed by atoms with Gasteiger partial charge in [-0.3, -0.25) is 14.5 Å². The quantitative estimate of drug-likeness (QED) is 0.873. The third kappa shape index (κ3) is 2.30. The Morgan fingerprint density at radius 3 is 2.95 bits per heavy atom. The van der Waals surface area contributed by atoms with Crippen LogP contribution < -0.4 is 0 Å². The van der Waals surface area contributed by atoms with E-state index in [0.717, 1.165) is 31.4 Å². The Kier molecular flexibility index (Phi) is 3.21. The summed E-state index contributed by atoms with van der Waals surface area (Å²) in [6.07, 6.45) is 10.7. The average Bonchev–Trinajstić information content (AvgIpc) is 2.98. The number of aryl methyl sites for hydroxylation is 1. The van der Waals surface area contributed by atoms with Crippen molar-refractivity contribution >= 4 is 5.91 Å². The molecule has 114 valence electrons. The molecule has 2 aromatic heterocycles. The second-order valence-electron chi connectivity index (χ2n) is 6.37. The molecule has 2 aliphatic rings. The van der Waals surface area contributed by atoms with Crippen molar-refractivity contribution in [2.45, 2.75) is 31.2 Å². The van der Waals surface area contributed by atoms with Crippen LogP contribution in [0.4, 0.5) is 0 Å². The highest BCUT2D eigenvalue weighted by molar-refractivity contribution is 5.83. The lowest BCUT2D eigenvalue weighted by Crippen LogP contribution is -2.32. The summed E-state index contributed by atoms with van der Waals surface area (Å²) in [5.74, 6) is 0.804. The SMILES string of the molecule is Cn1cc([C@@H]2CCCN2C(=O)[C@@H]2C[C@H]2c2cccnc2)cn1. The van der Waals surface area contributed by atoms with Crippen molar-refractivity contribution in [1.82, 2.24) is 19.7 Å². The van der Waals surface area contributed by atoms with Gasteiger partial charge in [0.1, 0.15) is 0 Å². The molecule has 1 aliphatic heterocycles. The maximum Gasteiger partial charge on any atom is 0.226 e. The van der Waals surface area contributed by atoms with Crippen molar-refractivity contribution in [2.24, 2.45) is 13.0 Å². The molecule has 0 N–H and O–H groups in total. The fraction of sp³-hybridized carbons (Fsp3) is 0.471. The van der Waals surface area contributed by atoms with Crippen LogP contribution in [0.15, 0.2) is 36.9 Å². The van der Waals surface area contributed by atoms with E-state index in [1.54, 1.807) is 6.20 Å². The van der Waals surface area contributed by atoms with Gasteiger partial charge in [0.05, 0.1) is 12.2 Å². The minimum Gasteiger partial charge on any atom is -0.335 e. The van der Waals surface area contributed by atoms with E-state index in [2.05, 4.69) is 21.0 Å². The molecule has 0 bridgehead atoms. The summed E-state index contributed by atoms with van der Waals surface area (Å²) in [4.78, 5) is 19.1. The molecule has 3 heterocycles. The molecule has 1 aliphatic carbocycles. The van der Waals surface area contributed by atoms with Gasteiger partial charge in [0, 0.05) is 43.7 Å². The van der Waals surface area contributed by atoms with E-state index < -0.39 is 0 Å². The monoisotopic (exact) mass is 296 g/mol. The number of hydrogen-bond donors (Lipinski definition) is 0. The lowest BCUT2D eigenvalue weighted by molar-refractivity contribution is -0.133. The molecule has 2 aromatic rings. The van der Waals surface area contributed by atoms with Crippen molar-refractivity contribution in [1.29, 1.82) is 0 Å². The first kappa shape index (κ1) is 13.5. The van der Waals surface area contributed by atoms with Crippen molar-refractivity contribution in [3.05, 3.63) is 48.0 Å². The number of hydrogen-bond acceptors (Lipinski definition) is 3. The number of pyridine rings is 1. The zero-order valence-electron chi connectivity index (χ0n) is 12.7. The van der Waals surface area contributed by atoms with Gasteiger partial charge in [-0.1, -0.05) is 6.07 Å². The first-order valence-corrected chi connectivity index (χ1v) is 7.93. The minimum absolute atomic E-state index is 0.140. The van der Waals surface area contributed by atoms with Gasteiger partial charge in [0.2, 0.25) is 5.91 Å². The average molecular weight is 296 g/mol. The van der Waals surface area contributed by atoms with Crippen molar-refractivity contribution < 1.29 is 4.79 Å². The van der Waals surface area contributed by atoms with Crippen LogP contribution in [0.5, 0.6) is 0 Å². The number of carbonyl (C=O) groups is 1. The zero-order valence-corrected chi connectivity index (χ0v) is 12.7. The van der Waals surface area contributed by atoms with Crippen LogP contribution >= 0.6 is 0 Å². The molecular weight excluding hydrogens is 276 g/mol. The van der Waals surface area contributed by atoms with Gasteiger partial charge in [-0.25, -0.2) is 0 Å². The van der Waals surface area contributed by atoms with E-state index in [1.807, 2.05) is 36.4 Å². The highest BCUT2D eigenvalue weighted by atomic mass is 16.2. The number of aromatic nitrogens is 3. The first-order chi connectivity index (χ1) is 10.7. The minimum atomic E-state index is 0.140. The summed E-state index contributed by atoms with van der Waals surface area (Å²) < 4.78 is 1.81. The molecule has 5 heteroatoms. The number of likely N-dealkylation sites (tertiary alicyclic amines) is 1. The molecule has 3 atom stereocenters. The zero-order chi connectivity index (χ0) is 15.1. The van der Waals surface area contributed by atoms with Gasteiger partial charge in [-0.2, -0.15) is 5.10 Å². The summed E-state index contributed by atoms with van der Waals surface area (Å²) in [7, 11) is 1.92. The van der Waals surface area contributed by atoms with Crippen LogP contribution in [-0.2, 0) is 11.8 Å². The standard InChI is InChI=1S/C17H20N4O/c1-20-11-13(10-19-20)16-5-3-7-21(16)17(22)15-8-14(15)12-4-2-6-18-9-12/h2,4,6,9-11,14-16H,3,5,7-8H2,1H3/t14-,15+,16-/m0/s1. The maximum absolute atomic E-state index is 12.9. The highest BCUT2D eigenvalue weighted by Gasteiger charge is 2.47. The van der Waals surface area contributed by atoms with Crippen LogP contribution in [0.3, 0.4) is 0 Å². The molecule has 22 heavy (non-hydrogen) atoms. The molecule has 0 aromatic carbocycles. The third-order valence-electron chi connectivity index (χ3n) is 4.87. The van der Waals surface area contributed by atoms with E-state index in [1.165, 1.54) is 5.56 Å². The fourth-order valence-electron chi connectivity index (χ4n) is 3.63. The van der Waals surface area contributed by atoms with Crippen LogP contribution in [-0.4, -0.2) is 32.1 Å². The number of carbonyl (C=O) groups excluding carboxylic acids is 1. The Morgan fingerprint density at radius 1 is 1.32 bits per heavy atom. The van der Waals surface area contributed by atoms with Gasteiger partial charge in [0.25, 0.3) is 0 Å². The molecular formula is C17H20N4O. The van der Waals surface area contributed by atoms with Crippen molar-refractivity contribution in [2.75, 3.05) is 6.54 Å². The Hall–Kier alpha value is -2.17. The predicted molar refractivity (Wildman–Crippen MR) is 82.0 cm³/mol. The second-order valence-corrected chi connectivity index (χ2v) is 6.37. The summed E-state index contributed by atoms with van der Waals surface area (Å²) in [5.41, 5.74) is 2.35. The molecule has 1 saturated heterocycles. The van der Waals surface area contributed by atoms with Crippen LogP contribution in [0.25, 0.3) is 0 Å². The first-order valence-electron chi connectivity index (χ1n) is 7.93. The largest absolute Gasteiger partial charge is 0.335 e. The Balaban J connectivity index is 1.49. The Morgan fingerprint density at radius 2 is 2.23 bits per heavy atom. The van der Waals surface area contributed by atoms with Crippen molar-refractivity contribution in [3.8, 4) is 0 Å².